The van der Waals surface area contributed by atoms with Crippen LogP contribution >= 0.6 is 11.8 Å². The lowest BCUT2D eigenvalue weighted by molar-refractivity contribution is 0.624. The number of halogens is 1. The first-order chi connectivity index (χ1) is 7.31. The highest BCUT2D eigenvalue weighted by molar-refractivity contribution is 7.99. The van der Waals surface area contributed by atoms with Crippen molar-refractivity contribution in [1.82, 2.24) is 5.32 Å². The number of nitrogens with zero attached hydrogens (tertiary/aromatic N) is 1. The van der Waals surface area contributed by atoms with E-state index in [2.05, 4.69) is 10.2 Å². The van der Waals surface area contributed by atoms with Gasteiger partial charge in [-0.2, -0.15) is 0 Å². The lowest BCUT2D eigenvalue weighted by Gasteiger charge is -2.30. The van der Waals surface area contributed by atoms with Crippen LogP contribution in [0.1, 0.15) is 0 Å². The number of thioether (sulfide) groups is 1. The second-order valence-electron chi connectivity index (χ2n) is 3.55. The summed E-state index contributed by atoms with van der Waals surface area (Å²) in [6.07, 6.45) is 0. The molecule has 0 spiro atoms. The summed E-state index contributed by atoms with van der Waals surface area (Å²) in [6.45, 7) is 2.87. The molecule has 1 aliphatic heterocycles. The van der Waals surface area contributed by atoms with E-state index in [1.807, 2.05) is 13.1 Å². The number of benzene rings is 1. The maximum atomic E-state index is 13.1. The number of anilines is 1. The molecule has 2 rings (SSSR count). The van der Waals surface area contributed by atoms with Gasteiger partial charge in [-0.25, -0.2) is 4.39 Å². The van der Waals surface area contributed by atoms with E-state index in [1.54, 1.807) is 17.8 Å². The van der Waals surface area contributed by atoms with Crippen molar-refractivity contribution in [3.63, 3.8) is 0 Å². The molecular formula is C11H15FN2S. The molecule has 0 unspecified atom stereocenters. The number of likely N-dealkylation sites (N-methyl/N-ethyl adjacent to an activating group) is 1. The summed E-state index contributed by atoms with van der Waals surface area (Å²) < 4.78 is 13.1. The summed E-state index contributed by atoms with van der Waals surface area (Å²) in [7, 11) is 1.94. The Bertz CT molecular complexity index is 343. The van der Waals surface area contributed by atoms with Gasteiger partial charge in [-0.1, -0.05) is 0 Å². The summed E-state index contributed by atoms with van der Waals surface area (Å²) in [5, 5.41) is 3.12. The normalized spacial score (nSPS) is 15.2. The van der Waals surface area contributed by atoms with Crippen molar-refractivity contribution >= 4 is 17.4 Å². The Morgan fingerprint density at radius 1 is 1.53 bits per heavy atom. The molecular weight excluding hydrogens is 211 g/mol. The molecule has 1 heterocycles. The van der Waals surface area contributed by atoms with E-state index < -0.39 is 0 Å². The predicted octanol–water partition coefficient (Wildman–Crippen LogP) is 1.96. The smallest absolute Gasteiger partial charge is 0.125 e. The molecule has 2 nitrogen and oxygen atoms in total. The van der Waals surface area contributed by atoms with Crippen molar-refractivity contribution in [3.05, 3.63) is 24.0 Å². The van der Waals surface area contributed by atoms with Crippen LogP contribution in [0.4, 0.5) is 10.1 Å². The van der Waals surface area contributed by atoms with Gasteiger partial charge in [0.15, 0.2) is 0 Å². The summed E-state index contributed by atoms with van der Waals surface area (Å²) in [6, 6.07) is 5.05. The zero-order chi connectivity index (χ0) is 10.7. The Morgan fingerprint density at radius 2 is 2.40 bits per heavy atom. The van der Waals surface area contributed by atoms with Gasteiger partial charge in [0.05, 0.1) is 5.69 Å². The van der Waals surface area contributed by atoms with Gasteiger partial charge in [0.25, 0.3) is 0 Å². The van der Waals surface area contributed by atoms with Crippen LogP contribution in [0.2, 0.25) is 0 Å². The van der Waals surface area contributed by atoms with E-state index in [9.17, 15) is 4.39 Å². The van der Waals surface area contributed by atoms with Crippen LogP contribution in [0.3, 0.4) is 0 Å². The van der Waals surface area contributed by atoms with Gasteiger partial charge in [-0.3, -0.25) is 0 Å². The minimum atomic E-state index is -0.147. The third kappa shape index (κ3) is 2.44. The van der Waals surface area contributed by atoms with Crippen molar-refractivity contribution < 1.29 is 4.39 Å². The van der Waals surface area contributed by atoms with Crippen molar-refractivity contribution in [3.8, 4) is 0 Å². The monoisotopic (exact) mass is 226 g/mol. The predicted molar refractivity (Wildman–Crippen MR) is 63.3 cm³/mol. The molecule has 0 saturated carbocycles. The Hall–Kier alpha value is -0.740. The Labute approximate surface area is 93.8 Å². The van der Waals surface area contributed by atoms with Crippen molar-refractivity contribution in [2.24, 2.45) is 0 Å². The Morgan fingerprint density at radius 3 is 3.20 bits per heavy atom. The molecule has 1 N–H and O–H groups in total. The van der Waals surface area contributed by atoms with E-state index in [0.717, 1.165) is 31.1 Å². The Balaban J connectivity index is 2.20. The van der Waals surface area contributed by atoms with Crippen LogP contribution in [-0.4, -0.2) is 32.4 Å². The molecule has 0 atom stereocenters. The van der Waals surface area contributed by atoms with Crippen LogP contribution in [0.5, 0.6) is 0 Å². The third-order valence-electron chi connectivity index (χ3n) is 2.51. The molecule has 0 saturated heterocycles. The molecule has 82 valence electrons. The number of nitrogens with one attached hydrogen (secondary N) is 1. The molecule has 0 aromatic heterocycles. The number of hydrogen-bond acceptors (Lipinski definition) is 3. The Kier molecular flexibility index (Phi) is 3.49. The molecule has 1 aromatic rings. The lowest BCUT2D eigenvalue weighted by Crippen LogP contribution is -2.34. The average molecular weight is 226 g/mol. The van der Waals surface area contributed by atoms with Crippen molar-refractivity contribution in [2.45, 2.75) is 4.90 Å². The maximum absolute atomic E-state index is 13.1. The summed E-state index contributed by atoms with van der Waals surface area (Å²) in [4.78, 5) is 3.43. The molecule has 0 amide bonds. The van der Waals surface area contributed by atoms with E-state index >= 15 is 0 Å². The van der Waals surface area contributed by atoms with Crippen LogP contribution in [0.25, 0.3) is 0 Å². The van der Waals surface area contributed by atoms with Gasteiger partial charge in [0, 0.05) is 30.3 Å². The van der Waals surface area contributed by atoms with E-state index in [-0.39, 0.29) is 5.82 Å². The molecule has 0 radical (unpaired) electrons. The fraction of sp³-hybridized carbons (Fsp3) is 0.455. The number of hydrogen-bond donors (Lipinski definition) is 1. The van der Waals surface area contributed by atoms with E-state index in [4.69, 9.17) is 0 Å². The maximum Gasteiger partial charge on any atom is 0.125 e. The second kappa shape index (κ2) is 4.86. The van der Waals surface area contributed by atoms with Gasteiger partial charge in [-0.05, 0) is 25.2 Å². The highest BCUT2D eigenvalue weighted by Crippen LogP contribution is 2.34. The molecule has 1 aliphatic rings. The highest BCUT2D eigenvalue weighted by atomic mass is 32.2. The molecule has 0 bridgehead atoms. The van der Waals surface area contributed by atoms with Gasteiger partial charge >= 0.3 is 0 Å². The second-order valence-corrected chi connectivity index (χ2v) is 4.69. The lowest BCUT2D eigenvalue weighted by atomic mass is 10.2. The van der Waals surface area contributed by atoms with Crippen LogP contribution in [0, 0.1) is 5.82 Å². The summed E-state index contributed by atoms with van der Waals surface area (Å²) >= 11 is 1.81. The molecule has 4 heteroatoms. The van der Waals surface area contributed by atoms with Crippen LogP contribution in [0.15, 0.2) is 23.1 Å². The first-order valence-electron chi connectivity index (χ1n) is 5.13. The molecule has 0 aliphatic carbocycles. The first-order valence-corrected chi connectivity index (χ1v) is 6.12. The minimum absolute atomic E-state index is 0.147. The molecule has 15 heavy (non-hydrogen) atoms. The number of rotatable bonds is 3. The van der Waals surface area contributed by atoms with Crippen molar-refractivity contribution in [1.29, 1.82) is 0 Å². The zero-order valence-corrected chi connectivity index (χ0v) is 9.61. The fourth-order valence-corrected chi connectivity index (χ4v) is 2.76. The minimum Gasteiger partial charge on any atom is -0.368 e. The average Bonchev–Trinajstić information content (AvgIpc) is 2.26. The highest BCUT2D eigenvalue weighted by Gasteiger charge is 2.17. The largest absolute Gasteiger partial charge is 0.368 e. The summed E-state index contributed by atoms with van der Waals surface area (Å²) in [5.41, 5.74) is 1.04. The van der Waals surface area contributed by atoms with Crippen molar-refractivity contribution in [2.75, 3.05) is 37.3 Å². The molecule has 1 aromatic carbocycles. The van der Waals surface area contributed by atoms with Gasteiger partial charge in [0.1, 0.15) is 5.82 Å². The van der Waals surface area contributed by atoms with Crippen LogP contribution in [-0.2, 0) is 0 Å². The molecule has 0 fully saturated rings. The quantitative estimate of drug-likeness (QED) is 0.848. The summed E-state index contributed by atoms with van der Waals surface area (Å²) in [5.74, 6) is 0.938. The topological polar surface area (TPSA) is 15.3 Å². The fourth-order valence-electron chi connectivity index (χ4n) is 1.72. The first kappa shape index (κ1) is 10.8. The van der Waals surface area contributed by atoms with E-state index in [1.165, 1.54) is 11.0 Å². The SMILES string of the molecule is CNCCN1CCSc2ccc(F)cc21. The standard InChI is InChI=1S/C11H15FN2S/c1-13-4-5-14-6-7-15-11-3-2-9(12)8-10(11)14/h2-3,8,13H,4-7H2,1H3. The van der Waals surface area contributed by atoms with Gasteiger partial charge in [0.2, 0.25) is 0 Å². The third-order valence-corrected chi connectivity index (χ3v) is 3.56. The van der Waals surface area contributed by atoms with E-state index in [0.29, 0.717) is 0 Å². The van der Waals surface area contributed by atoms with Gasteiger partial charge < -0.3 is 10.2 Å². The van der Waals surface area contributed by atoms with Crippen LogP contribution < -0.4 is 10.2 Å². The van der Waals surface area contributed by atoms with Gasteiger partial charge in [-0.15, -0.1) is 11.8 Å². The zero-order valence-electron chi connectivity index (χ0n) is 8.79. The number of fused-ring (bicyclic) bond motifs is 1.